The molecule has 6 nitrogen and oxygen atoms in total. The molecule has 0 unspecified atom stereocenters. The zero-order chi connectivity index (χ0) is 20.1. The van der Waals surface area contributed by atoms with Gasteiger partial charge in [0.05, 0.1) is 6.54 Å². The van der Waals surface area contributed by atoms with Gasteiger partial charge in [-0.15, -0.1) is 24.0 Å². The van der Waals surface area contributed by atoms with E-state index in [4.69, 9.17) is 0 Å². The van der Waals surface area contributed by atoms with Gasteiger partial charge in [-0.05, 0) is 46.2 Å². The molecule has 1 amide bonds. The summed E-state index contributed by atoms with van der Waals surface area (Å²) in [6.45, 7) is 4.87. The van der Waals surface area contributed by atoms with Gasteiger partial charge in [0.15, 0.2) is 5.96 Å². The highest BCUT2D eigenvalue weighted by Crippen LogP contribution is 2.15. The topological polar surface area (TPSA) is 60.0 Å². The van der Waals surface area contributed by atoms with Crippen LogP contribution in [0.4, 0.5) is 13.2 Å². The molecule has 1 aliphatic rings. The van der Waals surface area contributed by atoms with E-state index in [9.17, 15) is 18.0 Å². The van der Waals surface area contributed by atoms with Gasteiger partial charge in [0.25, 0.3) is 0 Å². The molecule has 1 rings (SSSR count). The van der Waals surface area contributed by atoms with Crippen molar-refractivity contribution in [3.05, 3.63) is 0 Å². The lowest BCUT2D eigenvalue weighted by Gasteiger charge is -2.20. The molecule has 0 saturated carbocycles. The number of hydrogen-bond donors (Lipinski definition) is 2. The molecule has 10 heteroatoms. The summed E-state index contributed by atoms with van der Waals surface area (Å²) in [6.07, 6.45) is 1.06. The van der Waals surface area contributed by atoms with Gasteiger partial charge in [-0.3, -0.25) is 14.7 Å². The van der Waals surface area contributed by atoms with Crippen molar-refractivity contribution in [2.45, 2.75) is 51.6 Å². The van der Waals surface area contributed by atoms with E-state index < -0.39 is 12.7 Å². The average Bonchev–Trinajstić information content (AvgIpc) is 2.78. The van der Waals surface area contributed by atoms with Crippen molar-refractivity contribution in [3.63, 3.8) is 0 Å². The van der Waals surface area contributed by atoms with Crippen LogP contribution in [-0.2, 0) is 4.79 Å². The number of carbonyl (C=O) groups excluding carboxylic acids is 1. The summed E-state index contributed by atoms with van der Waals surface area (Å²) in [6, 6.07) is 0. The molecule has 1 heterocycles. The maximum absolute atomic E-state index is 12.3. The highest BCUT2D eigenvalue weighted by Gasteiger charge is 2.28. The largest absolute Gasteiger partial charge is 0.401 e. The van der Waals surface area contributed by atoms with E-state index in [-0.39, 0.29) is 29.9 Å². The Labute approximate surface area is 183 Å². The number of carbonyl (C=O) groups is 1. The summed E-state index contributed by atoms with van der Waals surface area (Å²) >= 11 is 0. The SMILES string of the molecule is CCNC(=NCCCN1CCCCCC1=O)NCCCN(C)CC(F)(F)F.I. The van der Waals surface area contributed by atoms with Crippen LogP contribution in [0.1, 0.15) is 45.4 Å². The predicted octanol–water partition coefficient (Wildman–Crippen LogP) is 2.84. The fourth-order valence-corrected chi connectivity index (χ4v) is 3.01. The van der Waals surface area contributed by atoms with Gasteiger partial charge in [-0.1, -0.05) is 6.42 Å². The van der Waals surface area contributed by atoms with Crippen molar-refractivity contribution in [2.24, 2.45) is 4.99 Å². The van der Waals surface area contributed by atoms with Crippen molar-refractivity contribution in [3.8, 4) is 0 Å². The molecule has 0 aromatic carbocycles. The normalized spacial score (nSPS) is 16.0. The third kappa shape index (κ3) is 13.4. The minimum Gasteiger partial charge on any atom is -0.357 e. The van der Waals surface area contributed by atoms with E-state index in [1.807, 2.05) is 11.8 Å². The molecule has 0 spiro atoms. The van der Waals surface area contributed by atoms with Crippen LogP contribution in [0.25, 0.3) is 0 Å². The van der Waals surface area contributed by atoms with Gasteiger partial charge in [0.1, 0.15) is 0 Å². The summed E-state index contributed by atoms with van der Waals surface area (Å²) in [5, 5.41) is 6.28. The fraction of sp³-hybridized carbons (Fsp3) is 0.889. The first-order valence-electron chi connectivity index (χ1n) is 9.87. The Hall–Kier alpha value is -0.780. The molecule has 28 heavy (non-hydrogen) atoms. The van der Waals surface area contributed by atoms with Crippen LogP contribution in [0.3, 0.4) is 0 Å². The number of nitrogens with zero attached hydrogens (tertiary/aromatic N) is 3. The molecule has 1 saturated heterocycles. The van der Waals surface area contributed by atoms with Gasteiger partial charge in [0.2, 0.25) is 5.91 Å². The van der Waals surface area contributed by atoms with Crippen molar-refractivity contribution in [2.75, 3.05) is 52.9 Å². The third-order valence-electron chi connectivity index (χ3n) is 4.33. The van der Waals surface area contributed by atoms with Crippen LogP contribution in [0.5, 0.6) is 0 Å². The average molecular weight is 521 g/mol. The molecule has 166 valence electrons. The molecule has 0 radical (unpaired) electrons. The lowest BCUT2D eigenvalue weighted by molar-refractivity contribution is -0.143. The molecule has 0 atom stereocenters. The smallest absolute Gasteiger partial charge is 0.357 e. The monoisotopic (exact) mass is 521 g/mol. The Kier molecular flexibility index (Phi) is 14.7. The van der Waals surface area contributed by atoms with Gasteiger partial charge < -0.3 is 15.5 Å². The third-order valence-corrected chi connectivity index (χ3v) is 4.33. The zero-order valence-electron chi connectivity index (χ0n) is 17.0. The highest BCUT2D eigenvalue weighted by atomic mass is 127. The first kappa shape index (κ1) is 27.2. The van der Waals surface area contributed by atoms with Crippen LogP contribution in [-0.4, -0.2) is 80.7 Å². The molecule has 0 bridgehead atoms. The quantitative estimate of drug-likeness (QED) is 0.201. The Bertz CT molecular complexity index is 463. The van der Waals surface area contributed by atoms with E-state index in [0.717, 1.165) is 38.8 Å². The molecular formula is C18H35F3IN5O. The summed E-state index contributed by atoms with van der Waals surface area (Å²) in [5.74, 6) is 0.905. The van der Waals surface area contributed by atoms with Crippen LogP contribution >= 0.6 is 24.0 Å². The van der Waals surface area contributed by atoms with Crippen molar-refractivity contribution in [1.82, 2.24) is 20.4 Å². The van der Waals surface area contributed by atoms with E-state index in [2.05, 4.69) is 15.6 Å². The second kappa shape index (κ2) is 15.1. The number of alkyl halides is 3. The maximum Gasteiger partial charge on any atom is 0.401 e. The molecule has 2 N–H and O–H groups in total. The number of amides is 1. The number of halogens is 4. The van der Waals surface area contributed by atoms with Crippen LogP contribution in [0.2, 0.25) is 0 Å². The Balaban J connectivity index is 0.00000729. The van der Waals surface area contributed by atoms with Crippen molar-refractivity contribution >= 4 is 35.8 Å². The standard InChI is InChI=1S/C18H34F3N5O.HI/c1-3-22-17(23-10-7-12-25(2)15-18(19,20)21)24-11-8-14-26-13-6-4-5-9-16(26)27;/h3-15H2,1-2H3,(H2,22,23,24);1H. The number of nitrogens with one attached hydrogen (secondary N) is 2. The lowest BCUT2D eigenvalue weighted by atomic mass is 10.2. The Morgan fingerprint density at radius 2 is 1.96 bits per heavy atom. The minimum atomic E-state index is -4.16. The van der Waals surface area contributed by atoms with E-state index in [1.165, 1.54) is 11.9 Å². The van der Waals surface area contributed by atoms with Crippen LogP contribution in [0.15, 0.2) is 4.99 Å². The maximum atomic E-state index is 12.3. The first-order chi connectivity index (χ1) is 12.8. The number of rotatable bonds is 10. The predicted molar refractivity (Wildman–Crippen MR) is 117 cm³/mol. The molecule has 0 aromatic rings. The number of likely N-dealkylation sites (tertiary alicyclic amines) is 1. The van der Waals surface area contributed by atoms with E-state index in [1.54, 1.807) is 0 Å². The Morgan fingerprint density at radius 3 is 2.64 bits per heavy atom. The molecular weight excluding hydrogens is 486 g/mol. The fourth-order valence-electron chi connectivity index (χ4n) is 3.01. The van der Waals surface area contributed by atoms with Gasteiger partial charge >= 0.3 is 6.18 Å². The lowest BCUT2D eigenvalue weighted by Crippen LogP contribution is -2.39. The second-order valence-electron chi connectivity index (χ2n) is 6.94. The zero-order valence-corrected chi connectivity index (χ0v) is 19.3. The molecule has 1 aliphatic heterocycles. The second-order valence-corrected chi connectivity index (χ2v) is 6.94. The van der Waals surface area contributed by atoms with Crippen molar-refractivity contribution in [1.29, 1.82) is 0 Å². The number of hydrogen-bond acceptors (Lipinski definition) is 3. The van der Waals surface area contributed by atoms with Gasteiger partial charge in [-0.2, -0.15) is 13.2 Å². The minimum absolute atomic E-state index is 0. The molecule has 1 fully saturated rings. The van der Waals surface area contributed by atoms with Gasteiger partial charge in [-0.25, -0.2) is 0 Å². The van der Waals surface area contributed by atoms with Crippen LogP contribution < -0.4 is 10.6 Å². The molecule has 0 aromatic heterocycles. The van der Waals surface area contributed by atoms with Crippen molar-refractivity contribution < 1.29 is 18.0 Å². The van der Waals surface area contributed by atoms with Gasteiger partial charge in [0, 0.05) is 39.1 Å². The highest BCUT2D eigenvalue weighted by molar-refractivity contribution is 14.0. The van der Waals surface area contributed by atoms with Crippen LogP contribution in [0, 0.1) is 0 Å². The van der Waals surface area contributed by atoms with E-state index in [0.29, 0.717) is 45.0 Å². The summed E-state index contributed by atoms with van der Waals surface area (Å²) in [5.41, 5.74) is 0. The summed E-state index contributed by atoms with van der Waals surface area (Å²) < 4.78 is 36.9. The van der Waals surface area contributed by atoms with E-state index >= 15 is 0 Å². The molecule has 0 aliphatic carbocycles. The first-order valence-corrected chi connectivity index (χ1v) is 9.87. The number of guanidine groups is 1. The summed E-state index contributed by atoms with van der Waals surface area (Å²) in [7, 11) is 1.47. The summed E-state index contributed by atoms with van der Waals surface area (Å²) in [4.78, 5) is 19.6. The Morgan fingerprint density at radius 1 is 1.21 bits per heavy atom. The number of aliphatic imine (C=N–C) groups is 1.